The van der Waals surface area contributed by atoms with Crippen molar-refractivity contribution in [3.8, 4) is 0 Å². The van der Waals surface area contributed by atoms with Gasteiger partial charge in [-0.2, -0.15) is 0 Å². The minimum atomic E-state index is -3.34. The van der Waals surface area contributed by atoms with Gasteiger partial charge < -0.3 is 4.52 Å². The fourth-order valence-electron chi connectivity index (χ4n) is 2.12. The third kappa shape index (κ3) is 3.34. The summed E-state index contributed by atoms with van der Waals surface area (Å²) in [5, 5.41) is 4.30. The molecule has 0 heterocycles. The summed E-state index contributed by atoms with van der Waals surface area (Å²) in [6, 6.07) is 17.9. The zero-order valence-corrected chi connectivity index (χ0v) is 12.6. The molecular weight excluding hydrogens is 285 g/mol. The van der Waals surface area contributed by atoms with Gasteiger partial charge in [0.15, 0.2) is 0 Å². The summed E-state index contributed by atoms with van der Waals surface area (Å²) in [5.41, 5.74) is 9.53. The maximum atomic E-state index is 13.4. The van der Waals surface area contributed by atoms with E-state index in [0.717, 1.165) is 0 Å². The Labute approximate surface area is 123 Å². The van der Waals surface area contributed by atoms with Crippen molar-refractivity contribution in [2.45, 2.75) is 12.7 Å². The highest BCUT2D eigenvalue weighted by molar-refractivity contribution is 7.67. The molecule has 108 valence electrons. The predicted molar refractivity (Wildman–Crippen MR) is 83.6 cm³/mol. The predicted octanol–water partition coefficient (Wildman–Crippen LogP) is 4.64. The molecule has 0 saturated carbocycles. The van der Waals surface area contributed by atoms with Crippen molar-refractivity contribution in [3.05, 3.63) is 76.7 Å². The molecule has 2 unspecified atom stereocenters. The third-order valence-corrected chi connectivity index (χ3v) is 5.72. The van der Waals surface area contributed by atoms with E-state index in [1.165, 1.54) is 0 Å². The minimum Gasteiger partial charge on any atom is -0.325 e. The van der Waals surface area contributed by atoms with Crippen LogP contribution < -0.4 is 5.30 Å². The Hall–Kier alpha value is -2.06. The highest BCUT2D eigenvalue weighted by atomic mass is 31.2. The van der Waals surface area contributed by atoms with Gasteiger partial charge >= 0.3 is 0 Å². The monoisotopic (exact) mass is 301 g/mol. The summed E-state index contributed by atoms with van der Waals surface area (Å²) in [7, 11) is -3.34. The molecule has 0 aliphatic carbocycles. The molecule has 0 spiro atoms. The molecule has 2 aromatic rings. The van der Waals surface area contributed by atoms with Gasteiger partial charge in [0.25, 0.3) is 0 Å². The van der Waals surface area contributed by atoms with E-state index in [4.69, 9.17) is 10.1 Å². The topological polar surface area (TPSA) is 75.1 Å². The van der Waals surface area contributed by atoms with E-state index < -0.39 is 13.2 Å². The standard InChI is InChI=1S/C15H16N3O2P/c1-2-20-21(19,14-11-7-4-8-12-14)15(17-18-16)13-9-5-3-6-10-13/h3-12,15H,2H2,1H3. The van der Waals surface area contributed by atoms with Crippen LogP contribution >= 0.6 is 7.37 Å². The molecule has 21 heavy (non-hydrogen) atoms. The van der Waals surface area contributed by atoms with E-state index in [1.54, 1.807) is 43.3 Å². The first-order valence-corrected chi connectivity index (χ1v) is 8.30. The van der Waals surface area contributed by atoms with Gasteiger partial charge in [0, 0.05) is 10.2 Å². The van der Waals surface area contributed by atoms with Crippen molar-refractivity contribution >= 4 is 12.7 Å². The largest absolute Gasteiger partial charge is 0.325 e. The SMILES string of the molecule is CCOP(=O)(c1ccccc1)C(N=[N+]=[N-])c1ccccc1. The first-order chi connectivity index (χ1) is 10.2. The van der Waals surface area contributed by atoms with Crippen molar-refractivity contribution in [1.82, 2.24) is 0 Å². The number of azide groups is 1. The molecular formula is C15H16N3O2P. The maximum Gasteiger partial charge on any atom is 0.245 e. The van der Waals surface area contributed by atoms with E-state index in [2.05, 4.69) is 10.0 Å². The smallest absolute Gasteiger partial charge is 0.245 e. The van der Waals surface area contributed by atoms with Gasteiger partial charge in [-0.3, -0.25) is 4.57 Å². The van der Waals surface area contributed by atoms with E-state index >= 15 is 0 Å². The number of nitrogens with zero attached hydrogens (tertiary/aromatic N) is 3. The number of rotatable bonds is 6. The molecule has 0 amide bonds. The first-order valence-electron chi connectivity index (χ1n) is 6.61. The molecule has 0 fully saturated rings. The lowest BCUT2D eigenvalue weighted by atomic mass is 10.2. The minimum absolute atomic E-state index is 0.274. The summed E-state index contributed by atoms with van der Waals surface area (Å²) in [6.07, 6.45) is 0. The molecule has 5 nitrogen and oxygen atoms in total. The van der Waals surface area contributed by atoms with Gasteiger partial charge in [0.05, 0.1) is 6.61 Å². The Morgan fingerprint density at radius 2 is 1.71 bits per heavy atom. The molecule has 0 radical (unpaired) electrons. The van der Waals surface area contributed by atoms with Crippen LogP contribution in [-0.4, -0.2) is 6.61 Å². The molecule has 6 heteroatoms. The second kappa shape index (κ2) is 7.09. The number of hydrogen-bond donors (Lipinski definition) is 0. The molecule has 0 aliphatic rings. The summed E-state index contributed by atoms with van der Waals surface area (Å²) >= 11 is 0. The molecule has 0 aromatic heterocycles. The molecule has 2 atom stereocenters. The average Bonchev–Trinajstić information content (AvgIpc) is 2.54. The number of benzene rings is 2. The van der Waals surface area contributed by atoms with E-state index in [1.807, 2.05) is 24.3 Å². The number of hydrogen-bond acceptors (Lipinski definition) is 3. The van der Waals surface area contributed by atoms with Crippen LogP contribution in [0.5, 0.6) is 0 Å². The van der Waals surface area contributed by atoms with Gasteiger partial charge in [0.1, 0.15) is 5.78 Å². The van der Waals surface area contributed by atoms with Crippen molar-refractivity contribution in [2.24, 2.45) is 5.11 Å². The Morgan fingerprint density at radius 1 is 1.14 bits per heavy atom. The van der Waals surface area contributed by atoms with Gasteiger partial charge in [-0.15, -0.1) is 0 Å². The Morgan fingerprint density at radius 3 is 2.24 bits per heavy atom. The fourth-order valence-corrected chi connectivity index (χ4v) is 4.41. The van der Waals surface area contributed by atoms with Crippen molar-refractivity contribution in [3.63, 3.8) is 0 Å². The third-order valence-electron chi connectivity index (χ3n) is 3.02. The van der Waals surface area contributed by atoms with Crippen molar-refractivity contribution < 1.29 is 9.09 Å². The highest BCUT2D eigenvalue weighted by Crippen LogP contribution is 2.59. The van der Waals surface area contributed by atoms with Crippen LogP contribution in [0.1, 0.15) is 18.3 Å². The Balaban J connectivity index is 2.58. The zero-order valence-electron chi connectivity index (χ0n) is 11.7. The van der Waals surface area contributed by atoms with Crippen LogP contribution in [0, 0.1) is 0 Å². The van der Waals surface area contributed by atoms with Crippen LogP contribution in [-0.2, 0) is 9.09 Å². The molecule has 0 N–H and O–H groups in total. The Bertz CT molecular complexity index is 670. The Kier molecular flexibility index (Phi) is 5.18. The zero-order chi connectivity index (χ0) is 15.1. The molecule has 0 saturated heterocycles. The van der Waals surface area contributed by atoms with E-state index in [9.17, 15) is 4.57 Å². The maximum absolute atomic E-state index is 13.4. The lowest BCUT2D eigenvalue weighted by Crippen LogP contribution is -2.13. The second-order valence-electron chi connectivity index (χ2n) is 4.34. The summed E-state index contributed by atoms with van der Waals surface area (Å²) in [6.45, 7) is 2.05. The molecule has 2 aromatic carbocycles. The normalized spacial score (nSPS) is 14.7. The fraction of sp³-hybridized carbons (Fsp3) is 0.200. The summed E-state index contributed by atoms with van der Waals surface area (Å²) in [4.78, 5) is 2.86. The summed E-state index contributed by atoms with van der Waals surface area (Å²) < 4.78 is 19.0. The quantitative estimate of drug-likeness (QED) is 0.337. The van der Waals surface area contributed by atoms with E-state index in [0.29, 0.717) is 10.9 Å². The summed E-state index contributed by atoms with van der Waals surface area (Å²) in [5.74, 6) is -0.869. The van der Waals surface area contributed by atoms with Crippen LogP contribution in [0.3, 0.4) is 0 Å². The van der Waals surface area contributed by atoms with Crippen LogP contribution in [0.4, 0.5) is 0 Å². The van der Waals surface area contributed by atoms with Crippen LogP contribution in [0.15, 0.2) is 65.8 Å². The molecule has 0 aliphatic heterocycles. The lowest BCUT2D eigenvalue weighted by Gasteiger charge is -2.24. The second-order valence-corrected chi connectivity index (χ2v) is 6.80. The first kappa shape index (κ1) is 15.3. The average molecular weight is 301 g/mol. The lowest BCUT2D eigenvalue weighted by molar-refractivity contribution is 0.334. The van der Waals surface area contributed by atoms with Crippen molar-refractivity contribution in [2.75, 3.05) is 6.61 Å². The van der Waals surface area contributed by atoms with E-state index in [-0.39, 0.29) is 6.61 Å². The van der Waals surface area contributed by atoms with Crippen LogP contribution in [0.25, 0.3) is 10.4 Å². The highest BCUT2D eigenvalue weighted by Gasteiger charge is 2.36. The van der Waals surface area contributed by atoms with Gasteiger partial charge in [0.2, 0.25) is 7.37 Å². The molecule has 2 rings (SSSR count). The van der Waals surface area contributed by atoms with Gasteiger partial charge in [-0.05, 0) is 30.2 Å². The molecule has 0 bridgehead atoms. The van der Waals surface area contributed by atoms with Crippen LogP contribution in [0.2, 0.25) is 0 Å². The van der Waals surface area contributed by atoms with Crippen molar-refractivity contribution in [1.29, 1.82) is 0 Å². The van der Waals surface area contributed by atoms with Gasteiger partial charge in [-0.25, -0.2) is 0 Å². The van der Waals surface area contributed by atoms with Gasteiger partial charge in [-0.1, -0.05) is 53.6 Å².